The van der Waals surface area contributed by atoms with Gasteiger partial charge in [-0.2, -0.15) is 0 Å². The van der Waals surface area contributed by atoms with Crippen LogP contribution >= 0.6 is 23.4 Å². The molecule has 1 aliphatic heterocycles. The van der Waals surface area contributed by atoms with Gasteiger partial charge >= 0.3 is 5.97 Å². The van der Waals surface area contributed by atoms with Crippen molar-refractivity contribution in [3.8, 4) is 11.5 Å². The van der Waals surface area contributed by atoms with Gasteiger partial charge < -0.3 is 18.9 Å². The number of methoxy groups -OCH3 is 2. The summed E-state index contributed by atoms with van der Waals surface area (Å²) in [7, 11) is 3.10. The van der Waals surface area contributed by atoms with Crippen molar-refractivity contribution in [3.63, 3.8) is 0 Å². The minimum Gasteiger partial charge on any atom is -0.493 e. The maximum atomic E-state index is 13.2. The number of para-hydroxylation sites is 1. The summed E-state index contributed by atoms with van der Waals surface area (Å²) < 4.78 is 20.9. The SMILES string of the molecule is CCOC(=O)COc1c(Cl)cc(/C=C2\SC(=Nc3ccccc3)N(CCCOC)C2=O)cc1OC. The Balaban J connectivity index is 1.88. The minimum atomic E-state index is -0.511. The van der Waals surface area contributed by atoms with E-state index in [1.165, 1.54) is 18.9 Å². The van der Waals surface area contributed by atoms with Crippen LogP contribution in [0.1, 0.15) is 18.9 Å². The van der Waals surface area contributed by atoms with Gasteiger partial charge in [-0.1, -0.05) is 29.8 Å². The molecule has 0 unspecified atom stereocenters. The smallest absolute Gasteiger partial charge is 0.344 e. The molecule has 0 saturated carbocycles. The van der Waals surface area contributed by atoms with Crippen molar-refractivity contribution in [2.75, 3.05) is 40.6 Å². The monoisotopic (exact) mass is 518 g/mol. The van der Waals surface area contributed by atoms with Crippen molar-refractivity contribution < 1.29 is 28.5 Å². The van der Waals surface area contributed by atoms with Gasteiger partial charge in [0.25, 0.3) is 5.91 Å². The molecule has 2 aromatic rings. The number of nitrogens with zero attached hydrogens (tertiary/aromatic N) is 2. The van der Waals surface area contributed by atoms with E-state index in [-0.39, 0.29) is 29.9 Å². The van der Waals surface area contributed by atoms with Crippen molar-refractivity contribution in [1.82, 2.24) is 4.90 Å². The first-order valence-electron chi connectivity index (χ1n) is 11.0. The zero-order valence-electron chi connectivity index (χ0n) is 19.8. The minimum absolute atomic E-state index is 0.154. The lowest BCUT2D eigenvalue weighted by molar-refractivity contribution is -0.145. The van der Waals surface area contributed by atoms with Crippen molar-refractivity contribution in [3.05, 3.63) is 58.0 Å². The molecule has 0 aliphatic carbocycles. The third-order valence-electron chi connectivity index (χ3n) is 4.79. The first-order chi connectivity index (χ1) is 17.0. The lowest BCUT2D eigenvalue weighted by Gasteiger charge is -2.15. The number of thioether (sulfide) groups is 1. The molecule has 0 spiro atoms. The lowest BCUT2D eigenvalue weighted by Crippen LogP contribution is -2.30. The second-order valence-electron chi connectivity index (χ2n) is 7.27. The number of aliphatic imine (C=N–C) groups is 1. The molecule has 35 heavy (non-hydrogen) atoms. The number of amides is 1. The van der Waals surface area contributed by atoms with Crippen molar-refractivity contribution in [1.29, 1.82) is 0 Å². The number of hydrogen-bond acceptors (Lipinski definition) is 8. The molecule has 0 bridgehead atoms. The van der Waals surface area contributed by atoms with Gasteiger partial charge in [-0.3, -0.25) is 9.69 Å². The first-order valence-corrected chi connectivity index (χ1v) is 12.2. The van der Waals surface area contributed by atoms with E-state index in [4.69, 9.17) is 30.5 Å². The Morgan fingerprint density at radius 2 is 1.97 bits per heavy atom. The highest BCUT2D eigenvalue weighted by molar-refractivity contribution is 8.18. The van der Waals surface area contributed by atoms with Crippen LogP contribution in [0.15, 0.2) is 52.4 Å². The van der Waals surface area contributed by atoms with Crippen molar-refractivity contribution in [2.45, 2.75) is 13.3 Å². The quantitative estimate of drug-likeness (QED) is 0.237. The number of carbonyl (C=O) groups is 2. The molecule has 2 aromatic carbocycles. The molecule has 10 heteroatoms. The largest absolute Gasteiger partial charge is 0.493 e. The third-order valence-corrected chi connectivity index (χ3v) is 6.08. The molecule has 0 atom stereocenters. The van der Waals surface area contributed by atoms with Gasteiger partial charge in [0, 0.05) is 20.3 Å². The van der Waals surface area contributed by atoms with Crippen LogP contribution < -0.4 is 9.47 Å². The zero-order valence-corrected chi connectivity index (χ0v) is 21.4. The normalized spacial score (nSPS) is 15.7. The van der Waals surface area contributed by atoms with Gasteiger partial charge in [0.1, 0.15) is 0 Å². The van der Waals surface area contributed by atoms with E-state index in [1.54, 1.807) is 37.1 Å². The van der Waals surface area contributed by atoms with E-state index in [1.807, 2.05) is 30.3 Å². The fourth-order valence-corrected chi connectivity index (χ4v) is 4.52. The second-order valence-corrected chi connectivity index (χ2v) is 8.69. The molecule has 0 N–H and O–H groups in total. The average Bonchev–Trinajstić information content (AvgIpc) is 3.12. The van der Waals surface area contributed by atoms with Crippen molar-refractivity contribution in [2.24, 2.45) is 4.99 Å². The summed E-state index contributed by atoms with van der Waals surface area (Å²) >= 11 is 7.71. The summed E-state index contributed by atoms with van der Waals surface area (Å²) in [6, 6.07) is 12.8. The van der Waals surface area contributed by atoms with Crippen LogP contribution in [-0.2, 0) is 19.1 Å². The number of rotatable bonds is 11. The molecule has 8 nitrogen and oxygen atoms in total. The Labute approximate surface area is 213 Å². The molecule has 1 heterocycles. The average molecular weight is 519 g/mol. The second kappa shape index (κ2) is 13.2. The number of ether oxygens (including phenoxy) is 4. The summed E-state index contributed by atoms with van der Waals surface area (Å²) in [6.45, 7) is 2.68. The summed E-state index contributed by atoms with van der Waals surface area (Å²) in [4.78, 5) is 31.7. The van der Waals surface area contributed by atoms with Crippen LogP contribution in [0.2, 0.25) is 5.02 Å². The fraction of sp³-hybridized carbons (Fsp3) is 0.320. The fourth-order valence-electron chi connectivity index (χ4n) is 3.22. The Bertz CT molecular complexity index is 1110. The van der Waals surface area contributed by atoms with Crippen LogP contribution in [0.3, 0.4) is 0 Å². The molecule has 1 aliphatic rings. The summed E-state index contributed by atoms with van der Waals surface area (Å²) in [5, 5.41) is 0.835. The molecule has 1 amide bonds. The van der Waals surface area contributed by atoms with Gasteiger partial charge in [0.15, 0.2) is 23.3 Å². The molecule has 1 saturated heterocycles. The van der Waals surface area contributed by atoms with E-state index < -0.39 is 5.97 Å². The highest BCUT2D eigenvalue weighted by atomic mass is 35.5. The standard InChI is InChI=1S/C25H27ClN2O6S/c1-4-33-22(29)16-34-23-19(26)13-17(14-20(23)32-3)15-21-24(30)28(11-8-12-31-2)25(35-21)27-18-9-6-5-7-10-18/h5-7,9-10,13-15H,4,8,11-12,16H2,1-3H3/b21-15-,27-25?. The summed E-state index contributed by atoms with van der Waals surface area (Å²) in [5.74, 6) is -0.108. The molecule has 0 radical (unpaired) electrons. The molecule has 0 aromatic heterocycles. The first kappa shape index (κ1) is 26.6. The van der Waals surface area contributed by atoms with E-state index in [9.17, 15) is 9.59 Å². The van der Waals surface area contributed by atoms with Crippen LogP contribution in [0, 0.1) is 0 Å². The van der Waals surface area contributed by atoms with Crippen molar-refractivity contribution >= 4 is 52.2 Å². The Morgan fingerprint density at radius 1 is 1.20 bits per heavy atom. The van der Waals surface area contributed by atoms with Crippen LogP contribution in [-0.4, -0.2) is 62.5 Å². The van der Waals surface area contributed by atoms with Gasteiger partial charge in [-0.05, 0) is 61.0 Å². The highest BCUT2D eigenvalue weighted by Gasteiger charge is 2.33. The molecule has 3 rings (SSSR count). The van der Waals surface area contributed by atoms with E-state index in [2.05, 4.69) is 4.99 Å². The summed E-state index contributed by atoms with van der Waals surface area (Å²) in [5.41, 5.74) is 1.40. The Morgan fingerprint density at radius 3 is 2.66 bits per heavy atom. The number of amidine groups is 1. The Hall–Kier alpha value is -3.01. The van der Waals surface area contributed by atoms with Gasteiger partial charge in [-0.25, -0.2) is 9.79 Å². The maximum Gasteiger partial charge on any atom is 0.344 e. The lowest BCUT2D eigenvalue weighted by atomic mass is 10.1. The number of benzene rings is 2. The number of esters is 1. The van der Waals surface area contributed by atoms with Gasteiger partial charge in [0.2, 0.25) is 0 Å². The maximum absolute atomic E-state index is 13.2. The van der Waals surface area contributed by atoms with E-state index in [0.717, 1.165) is 5.69 Å². The summed E-state index contributed by atoms with van der Waals surface area (Å²) in [6.07, 6.45) is 2.41. The Kier molecular flexibility index (Phi) is 10.0. The van der Waals surface area contributed by atoms with Crippen LogP contribution in [0.25, 0.3) is 6.08 Å². The molecule has 186 valence electrons. The topological polar surface area (TPSA) is 86.7 Å². The highest BCUT2D eigenvalue weighted by Crippen LogP contribution is 2.39. The molecule has 1 fully saturated rings. The zero-order chi connectivity index (χ0) is 25.2. The van der Waals surface area contributed by atoms with Crippen LogP contribution in [0.4, 0.5) is 5.69 Å². The number of halogens is 1. The third kappa shape index (κ3) is 7.24. The number of carbonyl (C=O) groups excluding carboxylic acids is 2. The van der Waals surface area contributed by atoms with Gasteiger partial charge in [-0.15, -0.1) is 0 Å². The molecular weight excluding hydrogens is 492 g/mol. The predicted octanol–water partition coefficient (Wildman–Crippen LogP) is 4.93. The number of hydrogen-bond donors (Lipinski definition) is 0. The molecular formula is C25H27ClN2O6S. The predicted molar refractivity (Wildman–Crippen MR) is 137 cm³/mol. The van der Waals surface area contributed by atoms with Gasteiger partial charge in [0.05, 0.1) is 29.3 Å². The van der Waals surface area contributed by atoms with Crippen LogP contribution in [0.5, 0.6) is 11.5 Å². The van der Waals surface area contributed by atoms with E-state index >= 15 is 0 Å². The van der Waals surface area contributed by atoms with E-state index in [0.29, 0.717) is 41.0 Å².